The molecule has 6 heteroatoms. The molecule has 0 bridgehead atoms. The minimum absolute atomic E-state index is 0.0116. The maximum atomic E-state index is 12.4. The monoisotopic (exact) mass is 290 g/mol. The SMILES string of the molecule is O=C(Cl)c1ccc(OC2CCCC2)c(OC(F)F)c1. The minimum atomic E-state index is -2.98. The molecule has 0 spiro atoms. The van der Waals surface area contributed by atoms with Gasteiger partial charge in [0.2, 0.25) is 0 Å². The lowest BCUT2D eigenvalue weighted by atomic mass is 10.2. The second-order valence-corrected chi connectivity index (χ2v) is 4.68. The predicted octanol–water partition coefficient (Wildman–Crippen LogP) is 3.99. The van der Waals surface area contributed by atoms with E-state index >= 15 is 0 Å². The molecule has 0 aliphatic heterocycles. The molecule has 1 aliphatic rings. The summed E-state index contributed by atoms with van der Waals surface area (Å²) >= 11 is 5.31. The Morgan fingerprint density at radius 1 is 1.26 bits per heavy atom. The molecule has 0 heterocycles. The van der Waals surface area contributed by atoms with Crippen LogP contribution in [0.25, 0.3) is 0 Å². The van der Waals surface area contributed by atoms with E-state index in [-0.39, 0.29) is 23.2 Å². The Morgan fingerprint density at radius 3 is 2.53 bits per heavy atom. The number of halogens is 3. The van der Waals surface area contributed by atoms with Gasteiger partial charge in [0, 0.05) is 5.56 Å². The maximum Gasteiger partial charge on any atom is 0.387 e. The van der Waals surface area contributed by atoms with Crippen LogP contribution in [0.15, 0.2) is 18.2 Å². The molecule has 0 N–H and O–H groups in total. The average Bonchev–Trinajstić information content (AvgIpc) is 2.83. The Labute approximate surface area is 114 Å². The largest absolute Gasteiger partial charge is 0.487 e. The van der Waals surface area contributed by atoms with Crippen LogP contribution < -0.4 is 9.47 Å². The van der Waals surface area contributed by atoms with E-state index < -0.39 is 11.9 Å². The molecule has 1 fully saturated rings. The van der Waals surface area contributed by atoms with E-state index in [4.69, 9.17) is 16.3 Å². The predicted molar refractivity (Wildman–Crippen MR) is 66.1 cm³/mol. The molecule has 19 heavy (non-hydrogen) atoms. The van der Waals surface area contributed by atoms with Crippen molar-refractivity contribution in [3.8, 4) is 11.5 Å². The molecular formula is C13H13ClF2O3. The Hall–Kier alpha value is -1.36. The fraction of sp³-hybridized carbons (Fsp3) is 0.462. The van der Waals surface area contributed by atoms with Gasteiger partial charge in [-0.15, -0.1) is 0 Å². The van der Waals surface area contributed by atoms with Crippen LogP contribution in [-0.2, 0) is 0 Å². The highest BCUT2D eigenvalue weighted by Crippen LogP contribution is 2.33. The molecule has 1 aliphatic carbocycles. The van der Waals surface area contributed by atoms with Crippen molar-refractivity contribution in [2.75, 3.05) is 0 Å². The minimum Gasteiger partial charge on any atom is -0.487 e. The van der Waals surface area contributed by atoms with Gasteiger partial charge in [-0.05, 0) is 55.5 Å². The Balaban J connectivity index is 2.21. The summed E-state index contributed by atoms with van der Waals surface area (Å²) in [4.78, 5) is 11.0. The van der Waals surface area contributed by atoms with Crippen LogP contribution in [0.5, 0.6) is 11.5 Å². The summed E-state index contributed by atoms with van der Waals surface area (Å²) in [5, 5.41) is -0.730. The quantitative estimate of drug-likeness (QED) is 0.769. The van der Waals surface area contributed by atoms with Crippen molar-refractivity contribution in [2.24, 2.45) is 0 Å². The van der Waals surface area contributed by atoms with Crippen LogP contribution in [0, 0.1) is 0 Å². The number of hydrogen-bond donors (Lipinski definition) is 0. The van der Waals surface area contributed by atoms with Crippen LogP contribution in [0.1, 0.15) is 36.0 Å². The molecule has 1 aromatic carbocycles. The molecular weight excluding hydrogens is 278 g/mol. The van der Waals surface area contributed by atoms with Crippen molar-refractivity contribution in [3.63, 3.8) is 0 Å². The first-order valence-corrected chi connectivity index (χ1v) is 6.39. The third-order valence-corrected chi connectivity index (χ3v) is 3.20. The van der Waals surface area contributed by atoms with Crippen LogP contribution >= 0.6 is 11.6 Å². The molecule has 0 aromatic heterocycles. The van der Waals surface area contributed by atoms with Gasteiger partial charge in [-0.3, -0.25) is 4.79 Å². The normalized spacial score (nSPS) is 15.8. The lowest BCUT2D eigenvalue weighted by molar-refractivity contribution is -0.0520. The third kappa shape index (κ3) is 3.80. The first-order chi connectivity index (χ1) is 9.06. The van der Waals surface area contributed by atoms with Crippen molar-refractivity contribution in [3.05, 3.63) is 23.8 Å². The average molecular weight is 291 g/mol. The fourth-order valence-corrected chi connectivity index (χ4v) is 2.22. The number of alkyl halides is 2. The summed E-state index contributed by atoms with van der Waals surface area (Å²) in [5.41, 5.74) is 0.0936. The second-order valence-electron chi connectivity index (χ2n) is 4.34. The van der Waals surface area contributed by atoms with Gasteiger partial charge in [0.25, 0.3) is 5.24 Å². The van der Waals surface area contributed by atoms with E-state index in [1.165, 1.54) is 18.2 Å². The molecule has 0 unspecified atom stereocenters. The number of carbonyl (C=O) groups excluding carboxylic acids is 1. The molecule has 0 radical (unpaired) electrons. The van der Waals surface area contributed by atoms with Crippen LogP contribution in [0.2, 0.25) is 0 Å². The van der Waals surface area contributed by atoms with Gasteiger partial charge in [0.1, 0.15) is 0 Å². The molecule has 3 nitrogen and oxygen atoms in total. The highest BCUT2D eigenvalue weighted by atomic mass is 35.5. The zero-order valence-corrected chi connectivity index (χ0v) is 10.8. The number of hydrogen-bond acceptors (Lipinski definition) is 3. The van der Waals surface area contributed by atoms with Gasteiger partial charge < -0.3 is 9.47 Å². The Bertz CT molecular complexity index is 459. The van der Waals surface area contributed by atoms with E-state index in [0.29, 0.717) is 0 Å². The van der Waals surface area contributed by atoms with Crippen LogP contribution in [0.4, 0.5) is 8.78 Å². The topological polar surface area (TPSA) is 35.5 Å². The summed E-state index contributed by atoms with van der Waals surface area (Å²) in [6.45, 7) is -2.98. The van der Waals surface area contributed by atoms with E-state index in [1.807, 2.05) is 0 Å². The number of rotatable bonds is 5. The van der Waals surface area contributed by atoms with Gasteiger partial charge in [0.15, 0.2) is 11.5 Å². The summed E-state index contributed by atoms with van der Waals surface area (Å²) in [6.07, 6.45) is 3.92. The molecule has 0 atom stereocenters. The molecule has 0 amide bonds. The Morgan fingerprint density at radius 2 is 1.95 bits per heavy atom. The first-order valence-electron chi connectivity index (χ1n) is 6.01. The van der Waals surface area contributed by atoms with E-state index in [1.54, 1.807) is 0 Å². The molecule has 0 saturated heterocycles. The van der Waals surface area contributed by atoms with E-state index in [9.17, 15) is 13.6 Å². The maximum absolute atomic E-state index is 12.4. The standard InChI is InChI=1S/C13H13ClF2O3/c14-12(17)8-5-6-10(11(7-8)19-13(15)16)18-9-3-1-2-4-9/h5-7,9,13H,1-4H2. The zero-order valence-electron chi connectivity index (χ0n) is 10.1. The number of benzene rings is 1. The van der Waals surface area contributed by atoms with Gasteiger partial charge in [0.05, 0.1) is 6.10 Å². The van der Waals surface area contributed by atoms with E-state index in [2.05, 4.69) is 4.74 Å². The molecule has 1 aromatic rings. The third-order valence-electron chi connectivity index (χ3n) is 2.98. The smallest absolute Gasteiger partial charge is 0.387 e. The fourth-order valence-electron chi connectivity index (χ4n) is 2.10. The Kier molecular flexibility index (Phi) is 4.58. The van der Waals surface area contributed by atoms with E-state index in [0.717, 1.165) is 25.7 Å². The number of ether oxygens (including phenoxy) is 2. The van der Waals surface area contributed by atoms with Crippen LogP contribution in [-0.4, -0.2) is 18.0 Å². The summed E-state index contributed by atoms with van der Waals surface area (Å²) < 4.78 is 34.7. The van der Waals surface area contributed by atoms with Gasteiger partial charge in [-0.2, -0.15) is 8.78 Å². The molecule has 104 valence electrons. The summed E-state index contributed by atoms with van der Waals surface area (Å²) in [5.74, 6) is 0.0577. The van der Waals surface area contributed by atoms with Crippen molar-refractivity contribution < 1.29 is 23.0 Å². The highest BCUT2D eigenvalue weighted by Gasteiger charge is 2.20. The second kappa shape index (κ2) is 6.19. The summed E-state index contributed by atoms with van der Waals surface area (Å²) in [7, 11) is 0. The van der Waals surface area contributed by atoms with Crippen molar-refractivity contribution in [2.45, 2.75) is 38.4 Å². The van der Waals surface area contributed by atoms with Crippen molar-refractivity contribution >= 4 is 16.8 Å². The van der Waals surface area contributed by atoms with Crippen LogP contribution in [0.3, 0.4) is 0 Å². The van der Waals surface area contributed by atoms with Crippen molar-refractivity contribution in [1.82, 2.24) is 0 Å². The van der Waals surface area contributed by atoms with Crippen molar-refractivity contribution in [1.29, 1.82) is 0 Å². The summed E-state index contributed by atoms with van der Waals surface area (Å²) in [6, 6.07) is 4.04. The highest BCUT2D eigenvalue weighted by molar-refractivity contribution is 6.67. The molecule has 2 rings (SSSR count). The van der Waals surface area contributed by atoms with Gasteiger partial charge in [-0.1, -0.05) is 0 Å². The zero-order chi connectivity index (χ0) is 13.8. The lowest BCUT2D eigenvalue weighted by Gasteiger charge is -2.17. The molecule has 1 saturated carbocycles. The first kappa shape index (κ1) is 14.1. The number of carbonyl (C=O) groups is 1. The lowest BCUT2D eigenvalue weighted by Crippen LogP contribution is -2.13. The van der Waals surface area contributed by atoms with Gasteiger partial charge in [-0.25, -0.2) is 0 Å². The van der Waals surface area contributed by atoms with Gasteiger partial charge >= 0.3 is 6.61 Å².